The average molecular weight is 276 g/mol. The molecule has 1 aliphatic carbocycles. The minimum atomic E-state index is -0.222. The van der Waals surface area contributed by atoms with Gasteiger partial charge in [0.15, 0.2) is 0 Å². The van der Waals surface area contributed by atoms with E-state index in [1.165, 1.54) is 0 Å². The molecule has 0 saturated heterocycles. The van der Waals surface area contributed by atoms with Gasteiger partial charge in [-0.1, -0.05) is 36.8 Å². The number of carbonyl (C=O) groups excluding carboxylic acids is 1. The van der Waals surface area contributed by atoms with Gasteiger partial charge in [-0.15, -0.1) is 0 Å². The Kier molecular flexibility index (Phi) is 5.15. The van der Waals surface area contributed by atoms with Crippen LogP contribution < -0.4 is 11.1 Å². The van der Waals surface area contributed by atoms with Crippen molar-refractivity contribution in [2.24, 2.45) is 11.1 Å². The number of carbonyl (C=O) groups is 1. The van der Waals surface area contributed by atoms with E-state index in [1.54, 1.807) is 0 Å². The van der Waals surface area contributed by atoms with Crippen LogP contribution in [0, 0.1) is 5.41 Å². The van der Waals surface area contributed by atoms with Gasteiger partial charge in [-0.25, -0.2) is 0 Å². The number of hydrogen-bond acceptors (Lipinski definition) is 3. The Morgan fingerprint density at radius 1 is 1.35 bits per heavy atom. The van der Waals surface area contributed by atoms with Crippen LogP contribution in [0.5, 0.6) is 0 Å². The molecule has 1 unspecified atom stereocenters. The molecule has 2 rings (SSSR count). The summed E-state index contributed by atoms with van der Waals surface area (Å²) in [5.74, 6) is 0.00475. The highest BCUT2D eigenvalue weighted by Crippen LogP contribution is 2.42. The Balaban J connectivity index is 1.85. The molecule has 1 fully saturated rings. The maximum absolute atomic E-state index is 12.1. The van der Waals surface area contributed by atoms with E-state index in [2.05, 4.69) is 5.32 Å². The quantitative estimate of drug-likeness (QED) is 0.701. The summed E-state index contributed by atoms with van der Waals surface area (Å²) in [6.07, 6.45) is 4.38. The third-order valence-electron chi connectivity index (χ3n) is 4.29. The zero-order chi connectivity index (χ0) is 14.4. The summed E-state index contributed by atoms with van der Waals surface area (Å²) in [5, 5.41) is 12.4. The van der Waals surface area contributed by atoms with Crippen LogP contribution in [0.4, 0.5) is 0 Å². The zero-order valence-corrected chi connectivity index (χ0v) is 11.8. The normalized spacial score (nSPS) is 18.1. The van der Waals surface area contributed by atoms with Gasteiger partial charge < -0.3 is 16.2 Å². The van der Waals surface area contributed by atoms with E-state index in [-0.39, 0.29) is 24.0 Å². The summed E-state index contributed by atoms with van der Waals surface area (Å²) >= 11 is 0. The molecule has 20 heavy (non-hydrogen) atoms. The molecule has 1 aromatic carbocycles. The second-order valence-electron chi connectivity index (χ2n) is 5.87. The summed E-state index contributed by atoms with van der Waals surface area (Å²) in [7, 11) is 0. The average Bonchev–Trinajstić information content (AvgIpc) is 2.43. The number of nitrogens with two attached hydrogens (primary N) is 1. The molecule has 4 nitrogen and oxygen atoms in total. The third-order valence-corrected chi connectivity index (χ3v) is 4.29. The van der Waals surface area contributed by atoms with E-state index < -0.39 is 0 Å². The van der Waals surface area contributed by atoms with Crippen LogP contribution >= 0.6 is 0 Å². The van der Waals surface area contributed by atoms with Crippen LogP contribution in [0.2, 0.25) is 0 Å². The van der Waals surface area contributed by atoms with Crippen LogP contribution in [-0.4, -0.2) is 30.2 Å². The Hall–Kier alpha value is -1.39. The van der Waals surface area contributed by atoms with Crippen LogP contribution in [0.3, 0.4) is 0 Å². The van der Waals surface area contributed by atoms with Crippen molar-refractivity contribution in [3.8, 4) is 0 Å². The van der Waals surface area contributed by atoms with E-state index >= 15 is 0 Å². The Morgan fingerprint density at radius 3 is 2.55 bits per heavy atom. The van der Waals surface area contributed by atoms with E-state index in [0.29, 0.717) is 19.4 Å². The zero-order valence-electron chi connectivity index (χ0n) is 11.8. The molecular weight excluding hydrogens is 252 g/mol. The van der Waals surface area contributed by atoms with Gasteiger partial charge in [0, 0.05) is 6.42 Å². The topological polar surface area (TPSA) is 75.4 Å². The van der Waals surface area contributed by atoms with Crippen molar-refractivity contribution in [2.45, 2.75) is 38.1 Å². The molecular formula is C16H24N2O2. The first kappa shape index (κ1) is 15.0. The van der Waals surface area contributed by atoms with Crippen molar-refractivity contribution in [2.75, 3.05) is 13.2 Å². The number of aliphatic hydroxyl groups is 1. The molecule has 1 atom stereocenters. The Labute approximate surface area is 120 Å². The summed E-state index contributed by atoms with van der Waals surface area (Å²) in [5.41, 5.74) is 6.90. The highest BCUT2D eigenvalue weighted by atomic mass is 16.3. The number of aliphatic hydroxyl groups excluding tert-OH is 1. The lowest BCUT2D eigenvalue weighted by molar-refractivity contribution is -0.125. The number of benzene rings is 1. The summed E-state index contributed by atoms with van der Waals surface area (Å²) in [6.45, 7) is 0.527. The highest BCUT2D eigenvalue weighted by Gasteiger charge is 2.37. The predicted molar refractivity (Wildman–Crippen MR) is 79.1 cm³/mol. The molecule has 0 aliphatic heterocycles. The van der Waals surface area contributed by atoms with E-state index in [4.69, 9.17) is 5.73 Å². The molecule has 110 valence electrons. The molecule has 4 heteroatoms. The molecule has 0 spiro atoms. The minimum Gasteiger partial charge on any atom is -0.394 e. The fraction of sp³-hybridized carbons (Fsp3) is 0.562. The maximum atomic E-state index is 12.1. The summed E-state index contributed by atoms with van der Waals surface area (Å²) in [4.78, 5) is 12.1. The van der Waals surface area contributed by atoms with Gasteiger partial charge in [-0.2, -0.15) is 0 Å². The number of rotatable bonds is 7. The first-order chi connectivity index (χ1) is 9.67. The molecule has 1 amide bonds. The van der Waals surface area contributed by atoms with Gasteiger partial charge in [-0.05, 0) is 36.8 Å². The smallest absolute Gasteiger partial charge is 0.220 e. The van der Waals surface area contributed by atoms with Crippen molar-refractivity contribution in [3.05, 3.63) is 35.9 Å². The molecule has 0 bridgehead atoms. The van der Waals surface area contributed by atoms with Crippen LogP contribution in [-0.2, 0) is 11.2 Å². The van der Waals surface area contributed by atoms with Gasteiger partial charge in [0.05, 0.1) is 12.6 Å². The number of hydrogen-bond donors (Lipinski definition) is 3. The van der Waals surface area contributed by atoms with Crippen molar-refractivity contribution >= 4 is 5.91 Å². The second kappa shape index (κ2) is 6.86. The van der Waals surface area contributed by atoms with Gasteiger partial charge in [0.1, 0.15) is 0 Å². The Bertz CT molecular complexity index is 424. The van der Waals surface area contributed by atoms with Crippen molar-refractivity contribution < 1.29 is 9.90 Å². The first-order valence-corrected chi connectivity index (χ1v) is 7.32. The molecule has 1 saturated carbocycles. The molecule has 1 aromatic rings. The van der Waals surface area contributed by atoms with Crippen molar-refractivity contribution in [1.82, 2.24) is 5.32 Å². The number of amides is 1. The monoisotopic (exact) mass is 276 g/mol. The standard InChI is InChI=1S/C16H24N2O2/c17-12-16(7-4-8-16)10-15(20)18-14(11-19)9-13-5-2-1-3-6-13/h1-3,5-6,14,19H,4,7-12,17H2,(H,18,20). The molecule has 0 radical (unpaired) electrons. The summed E-state index contributed by atoms with van der Waals surface area (Å²) in [6, 6.07) is 9.66. The van der Waals surface area contributed by atoms with Crippen LogP contribution in [0.15, 0.2) is 30.3 Å². The van der Waals surface area contributed by atoms with Crippen LogP contribution in [0.1, 0.15) is 31.2 Å². The maximum Gasteiger partial charge on any atom is 0.220 e. The molecule has 0 aromatic heterocycles. The van der Waals surface area contributed by atoms with Gasteiger partial charge in [0.25, 0.3) is 0 Å². The van der Waals surface area contributed by atoms with Crippen LogP contribution in [0.25, 0.3) is 0 Å². The predicted octanol–water partition coefficient (Wildman–Crippen LogP) is 1.23. The lowest BCUT2D eigenvalue weighted by Gasteiger charge is -2.40. The van der Waals surface area contributed by atoms with Crippen molar-refractivity contribution in [3.63, 3.8) is 0 Å². The van der Waals surface area contributed by atoms with E-state index in [0.717, 1.165) is 24.8 Å². The number of nitrogens with one attached hydrogen (secondary N) is 1. The lowest BCUT2D eigenvalue weighted by atomic mass is 9.66. The SMILES string of the molecule is NCC1(CC(=O)NC(CO)Cc2ccccc2)CCC1. The first-order valence-electron chi connectivity index (χ1n) is 7.32. The molecule has 4 N–H and O–H groups in total. The van der Waals surface area contributed by atoms with E-state index in [1.807, 2.05) is 30.3 Å². The fourth-order valence-corrected chi connectivity index (χ4v) is 2.81. The molecule has 0 heterocycles. The van der Waals surface area contributed by atoms with Crippen molar-refractivity contribution in [1.29, 1.82) is 0 Å². The molecule has 1 aliphatic rings. The minimum absolute atomic E-state index is 0.00475. The fourth-order valence-electron chi connectivity index (χ4n) is 2.81. The lowest BCUT2D eigenvalue weighted by Crippen LogP contribution is -2.45. The van der Waals surface area contributed by atoms with Gasteiger partial charge in [-0.3, -0.25) is 4.79 Å². The Morgan fingerprint density at radius 2 is 2.05 bits per heavy atom. The second-order valence-corrected chi connectivity index (χ2v) is 5.87. The van der Waals surface area contributed by atoms with Gasteiger partial charge >= 0.3 is 0 Å². The summed E-state index contributed by atoms with van der Waals surface area (Å²) < 4.78 is 0. The van der Waals surface area contributed by atoms with E-state index in [9.17, 15) is 9.90 Å². The largest absolute Gasteiger partial charge is 0.394 e. The highest BCUT2D eigenvalue weighted by molar-refractivity contribution is 5.77. The third kappa shape index (κ3) is 3.81. The van der Waals surface area contributed by atoms with Gasteiger partial charge in [0.2, 0.25) is 5.91 Å².